The average molecular weight is 323 g/mol. The number of nitrogen functional groups attached to an aromatic ring is 1. The summed E-state index contributed by atoms with van der Waals surface area (Å²) < 4.78 is 45.0. The summed E-state index contributed by atoms with van der Waals surface area (Å²) in [6.45, 7) is 2.98. The van der Waals surface area contributed by atoms with Crippen molar-refractivity contribution in [3.8, 4) is 16.9 Å². The molecule has 122 valence electrons. The monoisotopic (exact) mass is 323 g/mol. The molecule has 0 saturated heterocycles. The molecule has 0 aliphatic heterocycles. The highest BCUT2D eigenvalue weighted by Crippen LogP contribution is 2.40. The van der Waals surface area contributed by atoms with Gasteiger partial charge in [-0.2, -0.15) is 13.2 Å². The fourth-order valence-corrected chi connectivity index (χ4v) is 2.39. The second-order valence-corrected chi connectivity index (χ2v) is 5.07. The van der Waals surface area contributed by atoms with E-state index in [9.17, 15) is 18.0 Å². The zero-order valence-corrected chi connectivity index (χ0v) is 12.7. The molecule has 2 N–H and O–H groups in total. The van der Waals surface area contributed by atoms with Crippen LogP contribution < -0.4 is 10.5 Å². The number of aryl methyl sites for hydroxylation is 1. The number of alkyl halides is 3. The lowest BCUT2D eigenvalue weighted by Gasteiger charge is -2.17. The topological polar surface area (TPSA) is 52.3 Å². The fraction of sp³-hybridized carbons (Fsp3) is 0.235. The van der Waals surface area contributed by atoms with E-state index in [2.05, 4.69) is 0 Å². The number of ether oxygens (including phenoxy) is 1. The minimum Gasteiger partial charge on any atom is -0.427 e. The number of halogens is 3. The number of benzene rings is 2. The lowest BCUT2D eigenvalue weighted by atomic mass is 9.93. The summed E-state index contributed by atoms with van der Waals surface area (Å²) in [6, 6.07) is 8.30. The van der Waals surface area contributed by atoms with Gasteiger partial charge in [0, 0.05) is 12.6 Å². The summed E-state index contributed by atoms with van der Waals surface area (Å²) in [6.07, 6.45) is -4.03. The molecule has 0 amide bonds. The molecule has 0 spiro atoms. The Morgan fingerprint density at radius 3 is 2.35 bits per heavy atom. The molecule has 0 unspecified atom stereocenters. The van der Waals surface area contributed by atoms with E-state index >= 15 is 0 Å². The molecular weight excluding hydrogens is 307 g/mol. The number of hydrogen-bond acceptors (Lipinski definition) is 3. The Morgan fingerprint density at radius 1 is 1.13 bits per heavy atom. The van der Waals surface area contributed by atoms with Crippen molar-refractivity contribution in [1.29, 1.82) is 0 Å². The lowest BCUT2D eigenvalue weighted by molar-refractivity contribution is -0.138. The average Bonchev–Trinajstić information content (AvgIpc) is 2.46. The Bertz CT molecular complexity index is 739. The highest BCUT2D eigenvalue weighted by molar-refractivity contribution is 5.75. The molecule has 6 heteroatoms. The Balaban J connectivity index is 2.65. The second-order valence-electron chi connectivity index (χ2n) is 5.07. The third kappa shape index (κ3) is 3.83. The number of carbonyl (C=O) groups is 1. The molecule has 0 aliphatic rings. The van der Waals surface area contributed by atoms with E-state index in [0.29, 0.717) is 17.7 Å². The van der Waals surface area contributed by atoms with Crippen LogP contribution in [0, 0.1) is 0 Å². The molecule has 0 fully saturated rings. The van der Waals surface area contributed by atoms with Crippen LogP contribution in [0.3, 0.4) is 0 Å². The van der Waals surface area contributed by atoms with E-state index < -0.39 is 17.7 Å². The van der Waals surface area contributed by atoms with Gasteiger partial charge in [-0.05, 0) is 47.4 Å². The third-order valence-corrected chi connectivity index (χ3v) is 3.36. The van der Waals surface area contributed by atoms with Crippen molar-refractivity contribution in [2.24, 2.45) is 0 Å². The van der Waals surface area contributed by atoms with Gasteiger partial charge in [0.1, 0.15) is 5.75 Å². The highest BCUT2D eigenvalue weighted by atomic mass is 19.4. The number of esters is 1. The maximum absolute atomic E-state index is 13.4. The summed E-state index contributed by atoms with van der Waals surface area (Å²) in [4.78, 5) is 10.9. The van der Waals surface area contributed by atoms with Crippen LogP contribution in [0.5, 0.6) is 5.75 Å². The maximum atomic E-state index is 13.4. The zero-order chi connectivity index (χ0) is 17.2. The molecule has 0 aliphatic carbocycles. The van der Waals surface area contributed by atoms with Crippen LogP contribution in [0.1, 0.15) is 25.0 Å². The highest BCUT2D eigenvalue weighted by Gasteiger charge is 2.34. The van der Waals surface area contributed by atoms with Crippen LogP contribution in [0.2, 0.25) is 0 Å². The van der Waals surface area contributed by atoms with Crippen molar-refractivity contribution in [2.75, 3.05) is 5.73 Å². The first-order valence-electron chi connectivity index (χ1n) is 7.00. The summed E-state index contributed by atoms with van der Waals surface area (Å²) in [5, 5.41) is 0. The molecule has 2 aromatic carbocycles. The van der Waals surface area contributed by atoms with Crippen LogP contribution in [0.4, 0.5) is 18.9 Å². The molecular formula is C17H16F3NO2. The van der Waals surface area contributed by atoms with Crippen molar-refractivity contribution in [2.45, 2.75) is 26.4 Å². The lowest BCUT2D eigenvalue weighted by Crippen LogP contribution is -2.10. The van der Waals surface area contributed by atoms with E-state index in [1.807, 2.05) is 6.92 Å². The van der Waals surface area contributed by atoms with E-state index in [-0.39, 0.29) is 11.3 Å². The predicted molar refractivity (Wildman–Crippen MR) is 82.0 cm³/mol. The van der Waals surface area contributed by atoms with Gasteiger partial charge in [-0.3, -0.25) is 4.79 Å². The first-order chi connectivity index (χ1) is 10.7. The summed E-state index contributed by atoms with van der Waals surface area (Å²) >= 11 is 0. The number of anilines is 1. The van der Waals surface area contributed by atoms with Gasteiger partial charge < -0.3 is 10.5 Å². The Hall–Kier alpha value is -2.50. The number of nitrogens with two attached hydrogens (primary N) is 1. The van der Waals surface area contributed by atoms with Crippen molar-refractivity contribution >= 4 is 11.7 Å². The van der Waals surface area contributed by atoms with Gasteiger partial charge in [0.25, 0.3) is 0 Å². The minimum absolute atomic E-state index is 0.0326. The van der Waals surface area contributed by atoms with Gasteiger partial charge in [0.05, 0.1) is 5.56 Å². The van der Waals surface area contributed by atoms with Gasteiger partial charge in [0.2, 0.25) is 0 Å². The van der Waals surface area contributed by atoms with Crippen LogP contribution in [-0.4, -0.2) is 5.97 Å². The summed E-state index contributed by atoms with van der Waals surface area (Å²) in [7, 11) is 0. The Labute approximate surface area is 131 Å². The molecule has 0 radical (unpaired) electrons. The number of carbonyl (C=O) groups excluding carboxylic acids is 1. The van der Waals surface area contributed by atoms with Gasteiger partial charge >= 0.3 is 12.1 Å². The van der Waals surface area contributed by atoms with E-state index in [0.717, 1.165) is 18.6 Å². The molecule has 0 aromatic heterocycles. The first-order valence-corrected chi connectivity index (χ1v) is 7.00. The minimum atomic E-state index is -4.57. The van der Waals surface area contributed by atoms with E-state index in [1.54, 1.807) is 18.2 Å². The van der Waals surface area contributed by atoms with Gasteiger partial charge in [0.15, 0.2) is 0 Å². The Morgan fingerprint density at radius 2 is 1.78 bits per heavy atom. The third-order valence-electron chi connectivity index (χ3n) is 3.36. The molecule has 0 saturated carbocycles. The normalized spacial score (nSPS) is 11.3. The van der Waals surface area contributed by atoms with Crippen LogP contribution in [0.15, 0.2) is 36.4 Å². The summed E-state index contributed by atoms with van der Waals surface area (Å²) in [5.41, 5.74) is 6.56. The molecule has 0 bridgehead atoms. The Kier molecular flexibility index (Phi) is 4.63. The molecule has 2 aromatic rings. The SMILES string of the molecule is CCc1cc(N)ccc1-c1ccc(OC(C)=O)cc1C(F)(F)F. The smallest absolute Gasteiger partial charge is 0.417 e. The molecule has 3 nitrogen and oxygen atoms in total. The van der Waals surface area contributed by atoms with Crippen LogP contribution >= 0.6 is 0 Å². The van der Waals surface area contributed by atoms with Crippen molar-refractivity contribution < 1.29 is 22.7 Å². The predicted octanol–water partition coefficient (Wildman–Crippen LogP) is 4.44. The zero-order valence-electron chi connectivity index (χ0n) is 12.7. The van der Waals surface area contributed by atoms with E-state index in [1.165, 1.54) is 12.1 Å². The maximum Gasteiger partial charge on any atom is 0.417 e. The van der Waals surface area contributed by atoms with Gasteiger partial charge in [-0.1, -0.05) is 19.1 Å². The van der Waals surface area contributed by atoms with E-state index in [4.69, 9.17) is 10.5 Å². The largest absolute Gasteiger partial charge is 0.427 e. The number of hydrogen-bond donors (Lipinski definition) is 1. The van der Waals surface area contributed by atoms with Gasteiger partial charge in [-0.25, -0.2) is 0 Å². The standard InChI is InChI=1S/C17H16F3NO2/c1-3-11-8-12(21)4-6-14(11)15-7-5-13(23-10(2)22)9-16(15)17(18,19)20/h4-9H,3,21H2,1-2H3. The quantitative estimate of drug-likeness (QED) is 0.516. The number of rotatable bonds is 3. The van der Waals surface area contributed by atoms with Crippen LogP contribution in [-0.2, 0) is 17.4 Å². The molecule has 23 heavy (non-hydrogen) atoms. The molecule has 2 rings (SSSR count). The first kappa shape index (κ1) is 16.9. The fourth-order valence-electron chi connectivity index (χ4n) is 2.39. The second kappa shape index (κ2) is 6.32. The molecule has 0 heterocycles. The van der Waals surface area contributed by atoms with Crippen molar-refractivity contribution in [1.82, 2.24) is 0 Å². The van der Waals surface area contributed by atoms with Gasteiger partial charge in [-0.15, -0.1) is 0 Å². The summed E-state index contributed by atoms with van der Waals surface area (Å²) in [5.74, 6) is -0.810. The molecule has 0 atom stereocenters. The van der Waals surface area contributed by atoms with Crippen molar-refractivity contribution in [3.05, 3.63) is 47.5 Å². The van der Waals surface area contributed by atoms with Crippen LogP contribution in [0.25, 0.3) is 11.1 Å². The van der Waals surface area contributed by atoms with Crippen molar-refractivity contribution in [3.63, 3.8) is 0 Å².